The molecule has 144 valence electrons. The average Bonchev–Trinajstić information content (AvgIpc) is 2.48. The van der Waals surface area contributed by atoms with E-state index in [0.29, 0.717) is 24.6 Å². The highest BCUT2D eigenvalue weighted by Crippen LogP contribution is 2.18. The normalized spacial score (nSPS) is 13.0. The minimum absolute atomic E-state index is 0. The summed E-state index contributed by atoms with van der Waals surface area (Å²) in [5.41, 5.74) is 1.33. The number of nitrogens with zero attached hydrogens (tertiary/aromatic N) is 2. The van der Waals surface area contributed by atoms with E-state index in [1.54, 1.807) is 32.1 Å². The van der Waals surface area contributed by atoms with Crippen LogP contribution in [0, 0.1) is 5.82 Å². The number of anilines is 1. The summed E-state index contributed by atoms with van der Waals surface area (Å²) in [5, 5.41) is 6.23. The van der Waals surface area contributed by atoms with E-state index < -0.39 is 9.84 Å². The Labute approximate surface area is 167 Å². The molecule has 9 heteroatoms. The summed E-state index contributed by atoms with van der Waals surface area (Å²) >= 11 is 0. The van der Waals surface area contributed by atoms with Crippen LogP contribution in [0.15, 0.2) is 23.2 Å². The third-order valence-corrected chi connectivity index (χ3v) is 4.46. The van der Waals surface area contributed by atoms with E-state index in [9.17, 15) is 12.8 Å². The molecule has 0 fully saturated rings. The predicted octanol–water partition coefficient (Wildman–Crippen LogP) is 2.00. The highest BCUT2D eigenvalue weighted by atomic mass is 127. The van der Waals surface area contributed by atoms with Crippen molar-refractivity contribution >= 4 is 45.5 Å². The minimum atomic E-state index is -2.98. The lowest BCUT2D eigenvalue weighted by molar-refractivity contribution is 0.581. The van der Waals surface area contributed by atoms with E-state index in [-0.39, 0.29) is 41.6 Å². The van der Waals surface area contributed by atoms with Gasteiger partial charge in [-0.25, -0.2) is 12.8 Å². The zero-order valence-electron chi connectivity index (χ0n) is 15.3. The van der Waals surface area contributed by atoms with Gasteiger partial charge in [-0.1, -0.05) is 6.07 Å². The summed E-state index contributed by atoms with van der Waals surface area (Å²) in [5.74, 6) is 0.395. The zero-order chi connectivity index (χ0) is 18.3. The molecule has 1 aromatic carbocycles. The van der Waals surface area contributed by atoms with Gasteiger partial charge >= 0.3 is 0 Å². The standard InChI is InChI=1S/C16H27FN4O2S.HI/c1-12(8-9-24(5,22)23)20-16(18-2)19-11-13-6-7-15(21(3)4)14(17)10-13;/h6-7,10,12H,8-9,11H2,1-5H3,(H2,18,19,20);1H. The van der Waals surface area contributed by atoms with Gasteiger partial charge in [-0.15, -0.1) is 24.0 Å². The largest absolute Gasteiger partial charge is 0.375 e. The Kier molecular flexibility index (Phi) is 10.3. The second-order valence-corrected chi connectivity index (χ2v) is 8.33. The number of hydrogen-bond donors (Lipinski definition) is 2. The smallest absolute Gasteiger partial charge is 0.191 e. The molecule has 2 N–H and O–H groups in total. The van der Waals surface area contributed by atoms with Crippen molar-refractivity contribution in [3.8, 4) is 0 Å². The van der Waals surface area contributed by atoms with Crippen molar-refractivity contribution in [1.82, 2.24) is 10.6 Å². The summed E-state index contributed by atoms with van der Waals surface area (Å²) in [4.78, 5) is 5.82. The fraction of sp³-hybridized carbons (Fsp3) is 0.562. The number of aliphatic imine (C=N–C) groups is 1. The molecule has 1 rings (SSSR count). The maximum absolute atomic E-state index is 14.0. The van der Waals surface area contributed by atoms with Crippen molar-refractivity contribution in [2.24, 2.45) is 4.99 Å². The second kappa shape index (κ2) is 10.8. The molecule has 0 saturated heterocycles. The lowest BCUT2D eigenvalue weighted by atomic mass is 10.2. The van der Waals surface area contributed by atoms with Crippen molar-refractivity contribution in [2.45, 2.75) is 25.9 Å². The van der Waals surface area contributed by atoms with Gasteiger partial charge in [0.1, 0.15) is 15.7 Å². The Morgan fingerprint density at radius 1 is 1.36 bits per heavy atom. The number of guanidine groups is 1. The van der Waals surface area contributed by atoms with Crippen LogP contribution in [0.5, 0.6) is 0 Å². The molecule has 0 aliphatic heterocycles. The summed E-state index contributed by atoms with van der Waals surface area (Å²) in [6, 6.07) is 5.03. The number of rotatable bonds is 7. The van der Waals surface area contributed by atoms with Gasteiger partial charge < -0.3 is 15.5 Å². The van der Waals surface area contributed by atoms with Gasteiger partial charge in [-0.2, -0.15) is 0 Å². The Bertz CT molecular complexity index is 681. The molecule has 0 bridgehead atoms. The van der Waals surface area contributed by atoms with Gasteiger partial charge in [0.05, 0.1) is 11.4 Å². The fourth-order valence-electron chi connectivity index (χ4n) is 2.10. The van der Waals surface area contributed by atoms with E-state index in [2.05, 4.69) is 15.6 Å². The van der Waals surface area contributed by atoms with E-state index in [4.69, 9.17) is 0 Å². The fourth-order valence-corrected chi connectivity index (χ4v) is 2.88. The number of benzene rings is 1. The Morgan fingerprint density at radius 3 is 2.48 bits per heavy atom. The molecule has 0 spiro atoms. The van der Waals surface area contributed by atoms with Crippen LogP contribution in [0.1, 0.15) is 18.9 Å². The van der Waals surface area contributed by atoms with Gasteiger partial charge in [0.15, 0.2) is 5.96 Å². The molecular formula is C16H28FIN4O2S. The number of sulfone groups is 1. The number of nitrogens with one attached hydrogen (secondary N) is 2. The zero-order valence-corrected chi connectivity index (χ0v) is 18.5. The third kappa shape index (κ3) is 9.24. The van der Waals surface area contributed by atoms with Crippen molar-refractivity contribution in [2.75, 3.05) is 38.1 Å². The van der Waals surface area contributed by atoms with Crippen LogP contribution in [0.3, 0.4) is 0 Å². The molecule has 6 nitrogen and oxygen atoms in total. The highest BCUT2D eigenvalue weighted by Gasteiger charge is 2.10. The van der Waals surface area contributed by atoms with Gasteiger partial charge in [0.2, 0.25) is 0 Å². The molecule has 0 aliphatic rings. The topological polar surface area (TPSA) is 73.8 Å². The molecule has 1 atom stereocenters. The van der Waals surface area contributed by atoms with Gasteiger partial charge in [0, 0.05) is 40.0 Å². The maximum Gasteiger partial charge on any atom is 0.191 e. The second-order valence-electron chi connectivity index (χ2n) is 6.07. The summed E-state index contributed by atoms with van der Waals surface area (Å²) in [6.45, 7) is 2.31. The monoisotopic (exact) mass is 486 g/mol. The first kappa shape index (κ1) is 23.9. The molecule has 25 heavy (non-hydrogen) atoms. The first-order valence-electron chi connectivity index (χ1n) is 7.73. The summed E-state index contributed by atoms with van der Waals surface area (Å²) in [7, 11) is 2.24. The quantitative estimate of drug-likeness (QED) is 0.351. The number of hydrogen-bond acceptors (Lipinski definition) is 4. The van der Waals surface area contributed by atoms with Gasteiger partial charge in [-0.3, -0.25) is 4.99 Å². The highest BCUT2D eigenvalue weighted by molar-refractivity contribution is 14.0. The summed E-state index contributed by atoms with van der Waals surface area (Å²) < 4.78 is 36.4. The van der Waals surface area contributed by atoms with E-state index in [0.717, 1.165) is 5.56 Å². The Balaban J connectivity index is 0.00000576. The van der Waals surface area contributed by atoms with Crippen LogP contribution in [0.25, 0.3) is 0 Å². The van der Waals surface area contributed by atoms with Crippen LogP contribution in [-0.4, -0.2) is 53.6 Å². The Hall–Kier alpha value is -1.10. The molecule has 0 aromatic heterocycles. The van der Waals surface area contributed by atoms with E-state index in [1.165, 1.54) is 12.3 Å². The first-order chi connectivity index (χ1) is 11.1. The van der Waals surface area contributed by atoms with Crippen molar-refractivity contribution < 1.29 is 12.8 Å². The molecule has 0 saturated carbocycles. The molecule has 1 aromatic rings. The Morgan fingerprint density at radius 2 is 2.00 bits per heavy atom. The van der Waals surface area contributed by atoms with Crippen LogP contribution >= 0.6 is 24.0 Å². The molecule has 0 radical (unpaired) electrons. The predicted molar refractivity (Wildman–Crippen MR) is 113 cm³/mol. The van der Waals surface area contributed by atoms with Crippen LogP contribution in [0.2, 0.25) is 0 Å². The molecule has 0 amide bonds. The average molecular weight is 486 g/mol. The van der Waals surface area contributed by atoms with E-state index >= 15 is 0 Å². The first-order valence-corrected chi connectivity index (χ1v) is 9.79. The maximum atomic E-state index is 14.0. The third-order valence-electron chi connectivity index (χ3n) is 3.48. The SMILES string of the molecule is CN=C(NCc1ccc(N(C)C)c(F)c1)NC(C)CCS(C)(=O)=O.I. The van der Waals surface area contributed by atoms with Crippen LogP contribution in [-0.2, 0) is 16.4 Å². The molecule has 0 aliphatic carbocycles. The number of halogens is 2. The van der Waals surface area contributed by atoms with Crippen LogP contribution < -0.4 is 15.5 Å². The molecule has 0 heterocycles. The van der Waals surface area contributed by atoms with E-state index in [1.807, 2.05) is 13.0 Å². The van der Waals surface area contributed by atoms with Crippen LogP contribution in [0.4, 0.5) is 10.1 Å². The molecule has 1 unspecified atom stereocenters. The van der Waals surface area contributed by atoms with Gasteiger partial charge in [0.25, 0.3) is 0 Å². The summed E-state index contributed by atoms with van der Waals surface area (Å²) in [6.07, 6.45) is 1.71. The molecular weight excluding hydrogens is 458 g/mol. The lowest BCUT2D eigenvalue weighted by Crippen LogP contribution is -2.42. The van der Waals surface area contributed by atoms with Crippen molar-refractivity contribution in [3.63, 3.8) is 0 Å². The minimum Gasteiger partial charge on any atom is -0.375 e. The van der Waals surface area contributed by atoms with Crippen molar-refractivity contribution in [1.29, 1.82) is 0 Å². The van der Waals surface area contributed by atoms with Crippen molar-refractivity contribution in [3.05, 3.63) is 29.6 Å². The lowest BCUT2D eigenvalue weighted by Gasteiger charge is -2.18. The van der Waals surface area contributed by atoms with Gasteiger partial charge in [-0.05, 0) is 31.0 Å².